The van der Waals surface area contributed by atoms with E-state index in [0.717, 1.165) is 6.42 Å². The molecule has 1 aromatic rings. The summed E-state index contributed by atoms with van der Waals surface area (Å²) in [5.41, 5.74) is 0.202. The van der Waals surface area contributed by atoms with Crippen LogP contribution in [0.4, 0.5) is 0 Å². The van der Waals surface area contributed by atoms with Gasteiger partial charge < -0.3 is 14.6 Å². The number of aliphatic hydroxyl groups excluding tert-OH is 1. The third-order valence-electron chi connectivity index (χ3n) is 3.35. The summed E-state index contributed by atoms with van der Waals surface area (Å²) in [6.07, 6.45) is 0.538. The Morgan fingerprint density at radius 2 is 1.88 bits per heavy atom. The van der Waals surface area contributed by atoms with Crippen molar-refractivity contribution >= 4 is 0 Å². The Balaban J connectivity index is 3.04. The van der Waals surface area contributed by atoms with Crippen LogP contribution in [-0.2, 0) is 6.42 Å². The first kappa shape index (κ1) is 13.8. The lowest BCUT2D eigenvalue weighted by atomic mass is 9.96. The molecule has 0 aliphatic rings. The minimum Gasteiger partial charge on any atom is -0.507 e. The molecule has 1 aromatic heterocycles. The van der Waals surface area contributed by atoms with Gasteiger partial charge in [-0.3, -0.25) is 0 Å². The van der Waals surface area contributed by atoms with Crippen molar-refractivity contribution in [1.29, 1.82) is 0 Å². The Labute approximate surface area is 101 Å². The molecule has 0 amide bonds. The Kier molecular flexibility index (Phi) is 4.34. The molecular formula is C13H20O4. The molecule has 1 heterocycles. The average molecular weight is 240 g/mol. The summed E-state index contributed by atoms with van der Waals surface area (Å²) in [4.78, 5) is 11.4. The van der Waals surface area contributed by atoms with E-state index < -0.39 is 11.7 Å². The number of rotatable bonds is 4. The van der Waals surface area contributed by atoms with Crippen LogP contribution >= 0.6 is 0 Å². The zero-order valence-corrected chi connectivity index (χ0v) is 10.8. The lowest BCUT2D eigenvalue weighted by Crippen LogP contribution is -2.21. The minimum atomic E-state index is -0.566. The maximum Gasteiger partial charge on any atom is 0.342 e. The molecule has 0 bridgehead atoms. The van der Waals surface area contributed by atoms with Gasteiger partial charge in [-0.1, -0.05) is 20.3 Å². The highest BCUT2D eigenvalue weighted by atomic mass is 16.4. The fraction of sp³-hybridized carbons (Fsp3) is 0.615. The van der Waals surface area contributed by atoms with Crippen LogP contribution in [0.25, 0.3) is 0 Å². The summed E-state index contributed by atoms with van der Waals surface area (Å²) >= 11 is 0. The second-order valence-corrected chi connectivity index (χ2v) is 4.57. The van der Waals surface area contributed by atoms with Gasteiger partial charge >= 0.3 is 5.63 Å². The van der Waals surface area contributed by atoms with Crippen molar-refractivity contribution in [2.24, 2.45) is 5.92 Å². The summed E-state index contributed by atoms with van der Waals surface area (Å²) < 4.78 is 5.11. The number of aromatic hydroxyl groups is 1. The first-order chi connectivity index (χ1) is 7.88. The van der Waals surface area contributed by atoms with Crippen molar-refractivity contribution < 1.29 is 14.6 Å². The molecule has 0 saturated carbocycles. The third-order valence-corrected chi connectivity index (χ3v) is 3.35. The largest absolute Gasteiger partial charge is 0.507 e. The van der Waals surface area contributed by atoms with Gasteiger partial charge in [-0.05, 0) is 19.8 Å². The highest BCUT2D eigenvalue weighted by Gasteiger charge is 2.19. The fourth-order valence-corrected chi connectivity index (χ4v) is 1.63. The van der Waals surface area contributed by atoms with Crippen molar-refractivity contribution in [3.8, 4) is 5.75 Å². The van der Waals surface area contributed by atoms with Crippen LogP contribution in [0.3, 0.4) is 0 Å². The van der Waals surface area contributed by atoms with Gasteiger partial charge in [0.2, 0.25) is 0 Å². The Hall–Kier alpha value is -1.29. The van der Waals surface area contributed by atoms with Crippen LogP contribution in [-0.4, -0.2) is 16.3 Å². The SMILES string of the molecule is CCC(C)[C@@H](O)Cc1oc(=O)c(C)c(O)c1C. The van der Waals surface area contributed by atoms with Crippen LogP contribution in [0, 0.1) is 19.8 Å². The topological polar surface area (TPSA) is 70.7 Å². The predicted molar refractivity (Wildman–Crippen MR) is 65.3 cm³/mol. The van der Waals surface area contributed by atoms with Crippen LogP contribution in [0.15, 0.2) is 9.21 Å². The molecule has 0 aromatic carbocycles. The van der Waals surface area contributed by atoms with Gasteiger partial charge in [-0.25, -0.2) is 4.79 Å². The second-order valence-electron chi connectivity index (χ2n) is 4.57. The molecule has 1 unspecified atom stereocenters. The van der Waals surface area contributed by atoms with Gasteiger partial charge in [0.25, 0.3) is 0 Å². The van der Waals surface area contributed by atoms with Gasteiger partial charge in [0, 0.05) is 12.0 Å². The predicted octanol–water partition coefficient (Wildman–Crippen LogP) is 1.91. The molecule has 4 heteroatoms. The van der Waals surface area contributed by atoms with Crippen molar-refractivity contribution in [3.05, 3.63) is 27.3 Å². The Morgan fingerprint density at radius 1 is 1.29 bits per heavy atom. The van der Waals surface area contributed by atoms with Gasteiger partial charge in [-0.15, -0.1) is 0 Å². The van der Waals surface area contributed by atoms with E-state index >= 15 is 0 Å². The highest BCUT2D eigenvalue weighted by molar-refractivity contribution is 5.38. The lowest BCUT2D eigenvalue weighted by molar-refractivity contribution is 0.107. The molecule has 0 aliphatic carbocycles. The van der Waals surface area contributed by atoms with E-state index in [1.54, 1.807) is 6.92 Å². The summed E-state index contributed by atoms with van der Waals surface area (Å²) in [5.74, 6) is 0.460. The van der Waals surface area contributed by atoms with E-state index in [0.29, 0.717) is 11.3 Å². The van der Waals surface area contributed by atoms with E-state index in [1.165, 1.54) is 6.92 Å². The number of hydrogen-bond donors (Lipinski definition) is 2. The molecule has 2 atom stereocenters. The van der Waals surface area contributed by atoms with Crippen LogP contribution in [0.5, 0.6) is 5.75 Å². The standard InChI is InChI=1S/C13H20O4/c1-5-7(2)10(14)6-11-8(3)12(15)9(4)13(16)17-11/h7,10,14-15H,5-6H2,1-4H3/t7?,10-/m0/s1. The third kappa shape index (κ3) is 2.88. The molecule has 0 radical (unpaired) electrons. The molecule has 0 spiro atoms. The first-order valence-electron chi connectivity index (χ1n) is 5.88. The molecule has 4 nitrogen and oxygen atoms in total. The van der Waals surface area contributed by atoms with E-state index in [9.17, 15) is 15.0 Å². The van der Waals surface area contributed by atoms with E-state index in [4.69, 9.17) is 4.42 Å². The zero-order valence-electron chi connectivity index (χ0n) is 10.8. The summed E-state index contributed by atoms with van der Waals surface area (Å²) in [6.45, 7) is 7.13. The molecule has 0 saturated heterocycles. The van der Waals surface area contributed by atoms with E-state index in [-0.39, 0.29) is 23.7 Å². The minimum absolute atomic E-state index is 0.0346. The maximum absolute atomic E-state index is 11.4. The smallest absolute Gasteiger partial charge is 0.342 e. The van der Waals surface area contributed by atoms with Gasteiger partial charge in [0.05, 0.1) is 11.7 Å². The maximum atomic E-state index is 11.4. The number of aliphatic hydroxyl groups is 1. The molecule has 0 fully saturated rings. The van der Waals surface area contributed by atoms with Crippen LogP contribution in [0.1, 0.15) is 37.2 Å². The Morgan fingerprint density at radius 3 is 2.41 bits per heavy atom. The molecule has 96 valence electrons. The monoisotopic (exact) mass is 240 g/mol. The molecule has 2 N–H and O–H groups in total. The summed E-state index contributed by atoms with van der Waals surface area (Å²) in [6, 6.07) is 0. The summed E-state index contributed by atoms with van der Waals surface area (Å²) in [5, 5.41) is 19.6. The lowest BCUT2D eigenvalue weighted by Gasteiger charge is -2.17. The van der Waals surface area contributed by atoms with Gasteiger partial charge in [0.1, 0.15) is 11.5 Å². The first-order valence-corrected chi connectivity index (χ1v) is 5.88. The fourth-order valence-electron chi connectivity index (χ4n) is 1.63. The zero-order chi connectivity index (χ0) is 13.2. The normalized spacial score (nSPS) is 14.6. The van der Waals surface area contributed by atoms with Crippen molar-refractivity contribution in [1.82, 2.24) is 0 Å². The van der Waals surface area contributed by atoms with Crippen LogP contribution in [0.2, 0.25) is 0 Å². The number of hydrogen-bond acceptors (Lipinski definition) is 4. The van der Waals surface area contributed by atoms with Gasteiger partial charge in [-0.2, -0.15) is 0 Å². The van der Waals surface area contributed by atoms with Gasteiger partial charge in [0.15, 0.2) is 0 Å². The van der Waals surface area contributed by atoms with Crippen LogP contribution < -0.4 is 5.63 Å². The van der Waals surface area contributed by atoms with E-state index in [1.807, 2.05) is 13.8 Å². The van der Waals surface area contributed by atoms with Crippen molar-refractivity contribution in [3.63, 3.8) is 0 Å². The van der Waals surface area contributed by atoms with E-state index in [2.05, 4.69) is 0 Å². The summed E-state index contributed by atoms with van der Waals surface area (Å²) in [7, 11) is 0. The quantitative estimate of drug-likeness (QED) is 0.843. The van der Waals surface area contributed by atoms with Crippen molar-refractivity contribution in [2.45, 2.75) is 46.6 Å². The second kappa shape index (κ2) is 5.36. The Bertz CT molecular complexity index is 447. The molecule has 0 aliphatic heterocycles. The highest BCUT2D eigenvalue weighted by Crippen LogP contribution is 2.24. The van der Waals surface area contributed by atoms with Crippen molar-refractivity contribution in [2.75, 3.05) is 0 Å². The molecule has 17 heavy (non-hydrogen) atoms. The average Bonchev–Trinajstić information content (AvgIpc) is 2.32. The molecular weight excluding hydrogens is 220 g/mol. The molecule has 1 rings (SSSR count).